The zero-order valence-corrected chi connectivity index (χ0v) is 18.5. The average molecular weight is 468 g/mol. The van der Waals surface area contributed by atoms with E-state index in [0.29, 0.717) is 0 Å². The van der Waals surface area contributed by atoms with Gasteiger partial charge < -0.3 is 9.47 Å². The summed E-state index contributed by atoms with van der Waals surface area (Å²) in [6, 6.07) is 2.53. The Morgan fingerprint density at radius 1 is 0.676 bits per heavy atom. The van der Waals surface area contributed by atoms with Gasteiger partial charge in [0.1, 0.15) is 13.2 Å². The number of benzene rings is 1. The van der Waals surface area contributed by atoms with Crippen LogP contribution < -0.4 is 22.2 Å². The van der Waals surface area contributed by atoms with Gasteiger partial charge in [-0.05, 0) is 25.0 Å². The van der Waals surface area contributed by atoms with Crippen molar-refractivity contribution in [3.63, 3.8) is 0 Å². The minimum absolute atomic E-state index is 0.00380. The molecule has 0 aliphatic heterocycles. The molecule has 0 saturated carbocycles. The fourth-order valence-corrected chi connectivity index (χ4v) is 3.69. The summed E-state index contributed by atoms with van der Waals surface area (Å²) >= 11 is 0. The van der Waals surface area contributed by atoms with Crippen LogP contribution in [0.1, 0.15) is 25.7 Å². The summed E-state index contributed by atoms with van der Waals surface area (Å²) in [6.07, 6.45) is 3.33. The first-order valence-corrected chi connectivity index (χ1v) is 10.7. The normalized spacial score (nSPS) is 11.1. The number of hydrogen-bond donors (Lipinski definition) is 0. The molecule has 0 bridgehead atoms. The zero-order chi connectivity index (χ0) is 24.8. The number of rotatable bonds is 12. The zero-order valence-electron chi connectivity index (χ0n) is 18.5. The molecular formula is C24H24N2O8. The van der Waals surface area contributed by atoms with Crippen LogP contribution in [0.4, 0.5) is 0 Å². The van der Waals surface area contributed by atoms with Gasteiger partial charge in [0.2, 0.25) is 0 Å². The lowest BCUT2D eigenvalue weighted by molar-refractivity contribution is -0.143. The highest BCUT2D eigenvalue weighted by Crippen LogP contribution is 2.15. The molecular weight excluding hydrogens is 444 g/mol. The minimum atomic E-state index is -0.592. The smallest absolute Gasteiger partial charge is 0.306 e. The van der Waals surface area contributed by atoms with Gasteiger partial charge in [-0.3, -0.25) is 37.9 Å². The summed E-state index contributed by atoms with van der Waals surface area (Å²) in [5.74, 6) is -0.943. The minimum Gasteiger partial charge on any atom is -0.461 e. The third kappa shape index (κ3) is 4.95. The van der Waals surface area contributed by atoms with Crippen LogP contribution in [-0.2, 0) is 32.2 Å². The molecule has 0 unspecified atom stereocenters. The van der Waals surface area contributed by atoms with Gasteiger partial charge in [-0.25, -0.2) is 0 Å². The molecule has 0 radical (unpaired) electrons. The van der Waals surface area contributed by atoms with Crippen molar-refractivity contribution in [3.05, 3.63) is 78.9 Å². The van der Waals surface area contributed by atoms with Crippen molar-refractivity contribution in [2.75, 3.05) is 13.2 Å². The van der Waals surface area contributed by atoms with Crippen molar-refractivity contribution in [1.29, 1.82) is 0 Å². The summed E-state index contributed by atoms with van der Waals surface area (Å²) in [7, 11) is 0. The van der Waals surface area contributed by atoms with Crippen LogP contribution in [0.3, 0.4) is 0 Å². The van der Waals surface area contributed by atoms with Crippen LogP contribution in [0.25, 0.3) is 21.5 Å². The molecule has 0 aliphatic carbocycles. The Morgan fingerprint density at radius 3 is 1.29 bits per heavy atom. The number of hydrogen-bond acceptors (Lipinski definition) is 8. The number of carbonyl (C=O) groups excluding carboxylic acids is 2. The third-order valence-corrected chi connectivity index (χ3v) is 5.31. The van der Waals surface area contributed by atoms with Gasteiger partial charge in [-0.1, -0.05) is 25.3 Å². The van der Waals surface area contributed by atoms with Crippen molar-refractivity contribution in [2.45, 2.75) is 38.8 Å². The molecule has 3 rings (SSSR count). The van der Waals surface area contributed by atoms with E-state index in [-0.39, 0.29) is 73.5 Å². The van der Waals surface area contributed by atoms with Gasteiger partial charge in [0.15, 0.2) is 0 Å². The number of aromatic nitrogens is 2. The van der Waals surface area contributed by atoms with E-state index >= 15 is 0 Å². The highest BCUT2D eigenvalue weighted by Gasteiger charge is 2.19. The second-order valence-electron chi connectivity index (χ2n) is 7.62. The van der Waals surface area contributed by atoms with Crippen LogP contribution in [0.5, 0.6) is 0 Å². The molecule has 178 valence electrons. The first kappa shape index (κ1) is 24.6. The predicted molar refractivity (Wildman–Crippen MR) is 126 cm³/mol. The van der Waals surface area contributed by atoms with Crippen molar-refractivity contribution in [3.8, 4) is 0 Å². The Morgan fingerprint density at radius 2 is 1.00 bits per heavy atom. The molecule has 2 aromatic heterocycles. The van der Waals surface area contributed by atoms with E-state index in [1.165, 1.54) is 24.3 Å². The highest BCUT2D eigenvalue weighted by atomic mass is 16.5. The second kappa shape index (κ2) is 10.7. The molecule has 0 N–H and O–H groups in total. The standard InChI is InChI=1S/C24H24N2O8/c1-3-11-33-19(27)7-5-9-25-21(29)15-13-17-18(14-16(15)22(25)30)24(32)26(23(17)31)10-6-8-20(28)34-12-4-2/h3-4,13-14H,1-2,5-12H2. The number of nitrogens with zero attached hydrogens (tertiary/aromatic N) is 2. The highest BCUT2D eigenvalue weighted by molar-refractivity contribution is 5.97. The molecule has 0 amide bonds. The molecule has 10 nitrogen and oxygen atoms in total. The van der Waals surface area contributed by atoms with Gasteiger partial charge in [-0.15, -0.1) is 0 Å². The van der Waals surface area contributed by atoms with E-state index in [4.69, 9.17) is 9.47 Å². The van der Waals surface area contributed by atoms with Crippen molar-refractivity contribution >= 4 is 33.5 Å². The maximum Gasteiger partial charge on any atom is 0.306 e. The number of carbonyl (C=O) groups is 2. The predicted octanol–water partition coefficient (Wildman–Crippen LogP) is 0.931. The Kier molecular flexibility index (Phi) is 7.72. The Bertz CT molecular complexity index is 1280. The first-order valence-electron chi connectivity index (χ1n) is 10.7. The molecule has 0 atom stereocenters. The Labute approximate surface area is 193 Å². The quantitative estimate of drug-likeness (QED) is 0.283. The Hall–Kier alpha value is -4.08. The van der Waals surface area contributed by atoms with Crippen molar-refractivity contribution in [1.82, 2.24) is 9.13 Å². The fourth-order valence-electron chi connectivity index (χ4n) is 3.69. The summed E-state index contributed by atoms with van der Waals surface area (Å²) in [5, 5.41) is 0.144. The number of ether oxygens (including phenoxy) is 2. The Balaban J connectivity index is 1.84. The lowest BCUT2D eigenvalue weighted by Crippen LogP contribution is -2.26. The number of fused-ring (bicyclic) bond motifs is 2. The van der Waals surface area contributed by atoms with E-state index in [2.05, 4.69) is 13.2 Å². The second-order valence-corrected chi connectivity index (χ2v) is 7.62. The van der Waals surface area contributed by atoms with E-state index in [1.807, 2.05) is 0 Å². The molecule has 0 saturated heterocycles. The monoisotopic (exact) mass is 468 g/mol. The maximum absolute atomic E-state index is 12.8. The summed E-state index contributed by atoms with van der Waals surface area (Å²) in [5.41, 5.74) is -2.37. The van der Waals surface area contributed by atoms with Gasteiger partial charge in [0, 0.05) is 25.9 Å². The fraction of sp³-hybridized carbons (Fsp3) is 0.333. The van der Waals surface area contributed by atoms with Gasteiger partial charge in [0.05, 0.1) is 21.5 Å². The molecule has 10 heteroatoms. The van der Waals surface area contributed by atoms with E-state index in [1.54, 1.807) is 0 Å². The average Bonchev–Trinajstić information content (AvgIpc) is 3.20. The molecule has 2 heterocycles. The lowest BCUT2D eigenvalue weighted by Gasteiger charge is -2.02. The molecule has 1 aromatic carbocycles. The summed E-state index contributed by atoms with van der Waals surface area (Å²) in [6.45, 7) is 7.04. The van der Waals surface area contributed by atoms with Crippen LogP contribution >= 0.6 is 0 Å². The molecule has 34 heavy (non-hydrogen) atoms. The van der Waals surface area contributed by atoms with Gasteiger partial charge in [-0.2, -0.15) is 0 Å². The largest absolute Gasteiger partial charge is 0.461 e. The molecule has 0 spiro atoms. The van der Waals surface area contributed by atoms with Crippen LogP contribution in [0.15, 0.2) is 56.6 Å². The maximum atomic E-state index is 12.8. The van der Waals surface area contributed by atoms with E-state index in [9.17, 15) is 28.8 Å². The van der Waals surface area contributed by atoms with E-state index < -0.39 is 34.2 Å². The molecule has 0 aliphatic rings. The topological polar surface area (TPSA) is 131 Å². The van der Waals surface area contributed by atoms with Crippen LogP contribution in [0.2, 0.25) is 0 Å². The van der Waals surface area contributed by atoms with Gasteiger partial charge >= 0.3 is 11.9 Å². The summed E-state index contributed by atoms with van der Waals surface area (Å²) < 4.78 is 11.7. The molecule has 0 fully saturated rings. The van der Waals surface area contributed by atoms with Crippen molar-refractivity contribution in [2.24, 2.45) is 0 Å². The lowest BCUT2D eigenvalue weighted by atomic mass is 10.1. The number of esters is 2. The van der Waals surface area contributed by atoms with Gasteiger partial charge in [0.25, 0.3) is 22.2 Å². The first-order chi connectivity index (χ1) is 16.3. The van der Waals surface area contributed by atoms with Crippen LogP contribution in [-0.4, -0.2) is 34.3 Å². The summed E-state index contributed by atoms with van der Waals surface area (Å²) in [4.78, 5) is 74.2. The van der Waals surface area contributed by atoms with E-state index in [0.717, 1.165) is 9.13 Å². The van der Waals surface area contributed by atoms with Crippen molar-refractivity contribution < 1.29 is 19.1 Å². The molecule has 3 aromatic rings. The third-order valence-electron chi connectivity index (χ3n) is 5.31. The SMILES string of the molecule is C=CCOC(=O)CCCn1c(=O)c2cc3c(=O)n(CCCC(=O)OCC=C)c(=O)c3cc2c1=O. The van der Waals surface area contributed by atoms with Crippen LogP contribution in [0, 0.1) is 0 Å².